The summed E-state index contributed by atoms with van der Waals surface area (Å²) in [4.78, 5) is 0. The Bertz CT molecular complexity index is 395. The van der Waals surface area contributed by atoms with Crippen molar-refractivity contribution in [2.45, 2.75) is 51.2 Å². The maximum absolute atomic E-state index is 6.11. The number of ether oxygens (including phenoxy) is 1. The standard InChI is InChI=1S/C13H23BrN4O/c1-4-8-15-11(10-12(14)16-17-18(10)3)13(2)7-5-6-9-19-13/h11,15H,4-9H2,1-3H3. The quantitative estimate of drug-likeness (QED) is 0.901. The van der Waals surface area contributed by atoms with E-state index in [4.69, 9.17) is 4.74 Å². The van der Waals surface area contributed by atoms with Crippen LogP contribution in [0.4, 0.5) is 0 Å². The zero-order valence-corrected chi connectivity index (χ0v) is 13.5. The number of nitrogens with one attached hydrogen (secondary N) is 1. The van der Waals surface area contributed by atoms with Crippen LogP contribution in [-0.4, -0.2) is 33.7 Å². The molecule has 1 fully saturated rings. The van der Waals surface area contributed by atoms with E-state index in [1.54, 1.807) is 0 Å². The van der Waals surface area contributed by atoms with Crippen LogP contribution in [0.3, 0.4) is 0 Å². The molecule has 2 rings (SSSR count). The van der Waals surface area contributed by atoms with Gasteiger partial charge in [-0.25, -0.2) is 4.68 Å². The van der Waals surface area contributed by atoms with Gasteiger partial charge in [0.2, 0.25) is 0 Å². The molecule has 1 aromatic rings. The first-order valence-electron chi connectivity index (χ1n) is 7.01. The zero-order valence-electron chi connectivity index (χ0n) is 11.9. The van der Waals surface area contributed by atoms with Crippen molar-refractivity contribution in [1.29, 1.82) is 0 Å². The molecule has 1 aliphatic heterocycles. The Morgan fingerprint density at radius 3 is 2.84 bits per heavy atom. The predicted molar refractivity (Wildman–Crippen MR) is 77.9 cm³/mol. The van der Waals surface area contributed by atoms with Crippen molar-refractivity contribution >= 4 is 15.9 Å². The lowest BCUT2D eigenvalue weighted by Gasteiger charge is -2.41. The van der Waals surface area contributed by atoms with Crippen LogP contribution in [0, 0.1) is 0 Å². The molecule has 1 N–H and O–H groups in total. The van der Waals surface area contributed by atoms with Crippen molar-refractivity contribution in [2.24, 2.45) is 7.05 Å². The van der Waals surface area contributed by atoms with Crippen LogP contribution < -0.4 is 5.32 Å². The zero-order chi connectivity index (χ0) is 13.9. The maximum Gasteiger partial charge on any atom is 0.153 e. The summed E-state index contributed by atoms with van der Waals surface area (Å²) in [5, 5.41) is 11.8. The molecule has 5 nitrogen and oxygen atoms in total. The third-order valence-corrected chi connectivity index (χ3v) is 4.37. The van der Waals surface area contributed by atoms with Crippen molar-refractivity contribution in [3.05, 3.63) is 10.3 Å². The molecule has 19 heavy (non-hydrogen) atoms. The van der Waals surface area contributed by atoms with E-state index in [1.165, 1.54) is 6.42 Å². The van der Waals surface area contributed by atoms with Gasteiger partial charge in [-0.2, -0.15) is 0 Å². The Morgan fingerprint density at radius 2 is 2.32 bits per heavy atom. The van der Waals surface area contributed by atoms with Crippen LogP contribution in [0.15, 0.2) is 4.60 Å². The summed E-state index contributed by atoms with van der Waals surface area (Å²) < 4.78 is 8.74. The third-order valence-electron chi connectivity index (χ3n) is 3.81. The van der Waals surface area contributed by atoms with E-state index in [1.807, 2.05) is 11.7 Å². The topological polar surface area (TPSA) is 52.0 Å². The molecule has 0 aromatic carbocycles. The Labute approximate surface area is 123 Å². The molecule has 1 saturated heterocycles. The average molecular weight is 331 g/mol. The monoisotopic (exact) mass is 330 g/mol. The van der Waals surface area contributed by atoms with Gasteiger partial charge in [0, 0.05) is 13.7 Å². The summed E-state index contributed by atoms with van der Waals surface area (Å²) in [5.41, 5.74) is 0.878. The van der Waals surface area contributed by atoms with Crippen molar-refractivity contribution in [1.82, 2.24) is 20.3 Å². The van der Waals surface area contributed by atoms with E-state index in [0.717, 1.165) is 42.7 Å². The maximum atomic E-state index is 6.11. The summed E-state index contributed by atoms with van der Waals surface area (Å²) in [6, 6.07) is 0.113. The number of halogens is 1. The number of nitrogens with zero attached hydrogens (tertiary/aromatic N) is 3. The highest BCUT2D eigenvalue weighted by Crippen LogP contribution is 2.38. The lowest BCUT2D eigenvalue weighted by atomic mass is 9.86. The fourth-order valence-corrected chi connectivity index (χ4v) is 3.28. The SMILES string of the molecule is CCCNC(c1c(Br)nnn1C)C1(C)CCCCO1. The lowest BCUT2D eigenvalue weighted by molar-refractivity contribution is -0.0913. The van der Waals surface area contributed by atoms with Gasteiger partial charge in [0.25, 0.3) is 0 Å². The third kappa shape index (κ3) is 3.17. The summed E-state index contributed by atoms with van der Waals surface area (Å²) in [6.45, 7) is 6.16. The largest absolute Gasteiger partial charge is 0.373 e. The van der Waals surface area contributed by atoms with Crippen molar-refractivity contribution < 1.29 is 4.74 Å². The molecular formula is C13H23BrN4O. The first-order valence-corrected chi connectivity index (χ1v) is 7.80. The van der Waals surface area contributed by atoms with Crippen LogP contribution in [0.2, 0.25) is 0 Å². The molecule has 1 aliphatic rings. The second kappa shape index (κ2) is 6.33. The first kappa shape index (κ1) is 14.9. The van der Waals surface area contributed by atoms with Gasteiger partial charge in [-0.3, -0.25) is 0 Å². The highest BCUT2D eigenvalue weighted by Gasteiger charge is 2.40. The van der Waals surface area contributed by atoms with Gasteiger partial charge in [0.1, 0.15) is 0 Å². The first-order chi connectivity index (χ1) is 9.08. The number of hydrogen-bond donors (Lipinski definition) is 1. The Balaban J connectivity index is 2.29. The number of hydrogen-bond acceptors (Lipinski definition) is 4. The van der Waals surface area contributed by atoms with E-state index in [0.29, 0.717) is 0 Å². The van der Waals surface area contributed by atoms with Crippen LogP contribution in [0.25, 0.3) is 0 Å². The molecule has 2 heterocycles. The fraction of sp³-hybridized carbons (Fsp3) is 0.846. The Hall–Kier alpha value is -0.460. The van der Waals surface area contributed by atoms with Crippen LogP contribution >= 0.6 is 15.9 Å². The minimum absolute atomic E-state index is 0.113. The van der Waals surface area contributed by atoms with Gasteiger partial charge in [0.15, 0.2) is 4.60 Å². The highest BCUT2D eigenvalue weighted by atomic mass is 79.9. The number of aromatic nitrogens is 3. The van der Waals surface area contributed by atoms with Gasteiger partial charge < -0.3 is 10.1 Å². The van der Waals surface area contributed by atoms with E-state index < -0.39 is 0 Å². The minimum Gasteiger partial charge on any atom is -0.373 e. The Morgan fingerprint density at radius 1 is 1.53 bits per heavy atom. The van der Waals surface area contributed by atoms with Gasteiger partial charge in [-0.15, -0.1) is 5.10 Å². The summed E-state index contributed by atoms with van der Waals surface area (Å²) in [7, 11) is 1.93. The molecule has 0 spiro atoms. The summed E-state index contributed by atoms with van der Waals surface area (Å²) in [6.07, 6.45) is 4.52. The molecular weight excluding hydrogens is 308 g/mol. The van der Waals surface area contributed by atoms with E-state index in [9.17, 15) is 0 Å². The molecule has 1 aromatic heterocycles. The average Bonchev–Trinajstić information content (AvgIpc) is 2.72. The molecule has 0 radical (unpaired) electrons. The van der Waals surface area contributed by atoms with E-state index in [-0.39, 0.29) is 11.6 Å². The Kier molecular flexibility index (Phi) is 4.97. The van der Waals surface area contributed by atoms with Gasteiger partial charge >= 0.3 is 0 Å². The van der Waals surface area contributed by atoms with Gasteiger partial charge in [0.05, 0.1) is 17.3 Å². The van der Waals surface area contributed by atoms with Crippen LogP contribution in [-0.2, 0) is 11.8 Å². The molecule has 0 bridgehead atoms. The lowest BCUT2D eigenvalue weighted by Crippen LogP contribution is -2.47. The molecule has 6 heteroatoms. The van der Waals surface area contributed by atoms with Crippen LogP contribution in [0.1, 0.15) is 51.3 Å². The molecule has 0 aliphatic carbocycles. The normalized spacial score (nSPS) is 25.5. The van der Waals surface area contributed by atoms with Gasteiger partial charge in [-0.1, -0.05) is 12.1 Å². The smallest absolute Gasteiger partial charge is 0.153 e. The fourth-order valence-electron chi connectivity index (χ4n) is 2.72. The molecule has 0 amide bonds. The highest BCUT2D eigenvalue weighted by molar-refractivity contribution is 9.10. The predicted octanol–water partition coefficient (Wildman–Crippen LogP) is 2.58. The number of aryl methyl sites for hydroxylation is 1. The second-order valence-electron chi connectivity index (χ2n) is 5.39. The van der Waals surface area contributed by atoms with Crippen molar-refractivity contribution in [2.75, 3.05) is 13.2 Å². The van der Waals surface area contributed by atoms with E-state index in [2.05, 4.69) is 45.4 Å². The van der Waals surface area contributed by atoms with Crippen LogP contribution in [0.5, 0.6) is 0 Å². The second-order valence-corrected chi connectivity index (χ2v) is 6.15. The van der Waals surface area contributed by atoms with Crippen molar-refractivity contribution in [3.63, 3.8) is 0 Å². The van der Waals surface area contributed by atoms with E-state index >= 15 is 0 Å². The van der Waals surface area contributed by atoms with Gasteiger partial charge in [-0.05, 0) is 55.1 Å². The number of rotatable bonds is 5. The molecule has 0 saturated carbocycles. The molecule has 2 unspecified atom stereocenters. The summed E-state index contributed by atoms with van der Waals surface area (Å²) >= 11 is 3.51. The minimum atomic E-state index is -0.189. The molecule has 2 atom stereocenters. The van der Waals surface area contributed by atoms with Crippen molar-refractivity contribution in [3.8, 4) is 0 Å². The molecule has 108 valence electrons. The summed E-state index contributed by atoms with van der Waals surface area (Å²) in [5.74, 6) is 0.